The minimum absolute atomic E-state index is 0.0460. The average Bonchev–Trinajstić information content (AvgIpc) is 3.15. The Balaban J connectivity index is 1.58. The molecule has 0 N–H and O–H groups in total. The van der Waals surface area contributed by atoms with Gasteiger partial charge in [0.1, 0.15) is 16.2 Å². The molecule has 0 saturated carbocycles. The van der Waals surface area contributed by atoms with Crippen LogP contribution in [0.3, 0.4) is 0 Å². The van der Waals surface area contributed by atoms with Crippen LogP contribution in [0, 0.1) is 5.92 Å². The molecule has 2 aromatic rings. The third-order valence-corrected chi connectivity index (χ3v) is 6.90. The number of aryl methyl sites for hydroxylation is 1. The van der Waals surface area contributed by atoms with Gasteiger partial charge in [-0.15, -0.1) is 11.3 Å². The van der Waals surface area contributed by atoms with Crippen LogP contribution in [0.5, 0.6) is 0 Å². The fourth-order valence-corrected chi connectivity index (χ4v) is 5.79. The Hall–Kier alpha value is -1.47. The number of carbonyl (C=O) groups is 2. The van der Waals surface area contributed by atoms with Gasteiger partial charge in [0.2, 0.25) is 11.8 Å². The number of rotatable bonds is 3. The van der Waals surface area contributed by atoms with E-state index in [9.17, 15) is 9.59 Å². The average molecular weight is 361 g/mol. The lowest BCUT2D eigenvalue weighted by Crippen LogP contribution is -2.33. The second-order valence-electron chi connectivity index (χ2n) is 6.54. The van der Waals surface area contributed by atoms with Gasteiger partial charge in [-0.1, -0.05) is 18.7 Å². The Kier molecular flexibility index (Phi) is 4.30. The van der Waals surface area contributed by atoms with E-state index in [1.165, 1.54) is 33.5 Å². The van der Waals surface area contributed by atoms with Gasteiger partial charge in [-0.05, 0) is 37.2 Å². The molecule has 0 radical (unpaired) electrons. The highest BCUT2D eigenvalue weighted by Crippen LogP contribution is 2.40. The number of thiophene rings is 1. The number of imide groups is 1. The molecule has 2 amide bonds. The number of aromatic nitrogens is 2. The van der Waals surface area contributed by atoms with Crippen molar-refractivity contribution in [2.45, 2.75) is 44.1 Å². The number of likely N-dealkylation sites (tertiary alicyclic amines) is 1. The maximum absolute atomic E-state index is 12.3. The van der Waals surface area contributed by atoms with Crippen molar-refractivity contribution in [3.05, 3.63) is 16.8 Å². The highest BCUT2D eigenvalue weighted by Gasteiger charge is 2.27. The van der Waals surface area contributed by atoms with Crippen molar-refractivity contribution >= 4 is 45.1 Å². The maximum Gasteiger partial charge on any atom is 0.239 e. The van der Waals surface area contributed by atoms with E-state index in [-0.39, 0.29) is 17.6 Å². The fourth-order valence-electron chi connectivity index (χ4n) is 3.48. The molecular formula is C17H19N3O2S2. The topological polar surface area (TPSA) is 63.2 Å². The Morgan fingerprint density at radius 2 is 2.29 bits per heavy atom. The molecule has 0 spiro atoms. The summed E-state index contributed by atoms with van der Waals surface area (Å²) in [6.45, 7) is 2.85. The summed E-state index contributed by atoms with van der Waals surface area (Å²) >= 11 is 3.20. The van der Waals surface area contributed by atoms with Crippen LogP contribution in [0.25, 0.3) is 10.2 Å². The summed E-state index contributed by atoms with van der Waals surface area (Å²) in [6.07, 6.45) is 6.23. The van der Waals surface area contributed by atoms with Gasteiger partial charge < -0.3 is 0 Å². The largest absolute Gasteiger partial charge is 0.282 e. The van der Waals surface area contributed by atoms with Crippen LogP contribution in [-0.4, -0.2) is 39.0 Å². The quantitative estimate of drug-likeness (QED) is 0.621. The predicted molar refractivity (Wildman–Crippen MR) is 95.3 cm³/mol. The van der Waals surface area contributed by atoms with Crippen LogP contribution in [0.1, 0.15) is 36.6 Å². The monoisotopic (exact) mass is 361 g/mol. The maximum atomic E-state index is 12.3. The minimum Gasteiger partial charge on any atom is -0.282 e. The highest BCUT2D eigenvalue weighted by atomic mass is 32.2. The molecule has 4 rings (SSSR count). The summed E-state index contributed by atoms with van der Waals surface area (Å²) in [7, 11) is 0. The molecule has 1 unspecified atom stereocenters. The molecule has 1 aliphatic heterocycles. The lowest BCUT2D eigenvalue weighted by molar-refractivity contribution is -0.140. The van der Waals surface area contributed by atoms with Gasteiger partial charge in [-0.2, -0.15) is 0 Å². The van der Waals surface area contributed by atoms with Crippen molar-refractivity contribution in [3.8, 4) is 0 Å². The van der Waals surface area contributed by atoms with Crippen LogP contribution in [-0.2, 0) is 22.4 Å². The van der Waals surface area contributed by atoms with Gasteiger partial charge >= 0.3 is 0 Å². The molecule has 1 atom stereocenters. The van der Waals surface area contributed by atoms with Crippen LogP contribution in [0.15, 0.2) is 11.4 Å². The molecular weight excluding hydrogens is 342 g/mol. The van der Waals surface area contributed by atoms with Gasteiger partial charge in [0, 0.05) is 23.2 Å². The lowest BCUT2D eigenvalue weighted by atomic mass is 9.89. The summed E-state index contributed by atoms with van der Waals surface area (Å²) in [5, 5.41) is 2.02. The summed E-state index contributed by atoms with van der Waals surface area (Å²) in [5.41, 5.74) is 1.38. The fraction of sp³-hybridized carbons (Fsp3) is 0.529. The first-order valence-corrected chi connectivity index (χ1v) is 10.1. The summed E-state index contributed by atoms with van der Waals surface area (Å²) in [4.78, 5) is 36.7. The van der Waals surface area contributed by atoms with E-state index in [2.05, 4.69) is 16.9 Å². The number of carbonyl (C=O) groups excluding carboxylic acids is 2. The molecule has 0 aromatic carbocycles. The van der Waals surface area contributed by atoms with E-state index in [1.54, 1.807) is 17.7 Å². The smallest absolute Gasteiger partial charge is 0.239 e. The zero-order valence-corrected chi connectivity index (χ0v) is 15.2. The number of hydrogen-bond donors (Lipinski definition) is 0. The molecule has 0 bridgehead atoms. The molecule has 3 heterocycles. The zero-order valence-electron chi connectivity index (χ0n) is 13.6. The number of hydrogen-bond acceptors (Lipinski definition) is 6. The molecule has 5 nitrogen and oxygen atoms in total. The third kappa shape index (κ3) is 2.84. The second-order valence-corrected chi connectivity index (χ2v) is 8.59. The Labute approximate surface area is 148 Å². The van der Waals surface area contributed by atoms with Crippen molar-refractivity contribution in [1.82, 2.24) is 14.9 Å². The Bertz CT molecular complexity index is 818. The summed E-state index contributed by atoms with van der Waals surface area (Å²) in [6, 6.07) is 0. The van der Waals surface area contributed by atoms with Crippen molar-refractivity contribution < 1.29 is 9.59 Å². The number of fused-ring (bicyclic) bond motifs is 3. The van der Waals surface area contributed by atoms with E-state index < -0.39 is 0 Å². The second kappa shape index (κ2) is 6.44. The predicted octanol–water partition coefficient (Wildman–Crippen LogP) is 3.06. The van der Waals surface area contributed by atoms with Gasteiger partial charge in [0.25, 0.3) is 0 Å². The third-order valence-electron chi connectivity index (χ3n) is 4.76. The van der Waals surface area contributed by atoms with Gasteiger partial charge in [0.05, 0.1) is 5.75 Å². The molecule has 126 valence electrons. The van der Waals surface area contributed by atoms with Gasteiger partial charge in [-0.25, -0.2) is 9.97 Å². The van der Waals surface area contributed by atoms with Crippen molar-refractivity contribution in [1.29, 1.82) is 0 Å². The van der Waals surface area contributed by atoms with Crippen molar-refractivity contribution in [3.63, 3.8) is 0 Å². The van der Waals surface area contributed by atoms with E-state index >= 15 is 0 Å². The molecule has 7 heteroatoms. The molecule has 24 heavy (non-hydrogen) atoms. The SMILES string of the molecule is CC1CCc2c(sc3ncnc(SCC(=O)N4CCCC4=O)c23)C1. The molecule has 1 saturated heterocycles. The standard InChI is InChI=1S/C17H19N3O2S2/c1-10-4-5-11-12(7-10)24-17-15(11)16(18-9-19-17)23-8-14(22)20-6-2-3-13(20)21/h9-10H,2-8H2,1H3. The van der Waals surface area contributed by atoms with Crippen molar-refractivity contribution in [2.24, 2.45) is 5.92 Å². The zero-order chi connectivity index (χ0) is 16.7. The number of nitrogens with zero attached hydrogens (tertiary/aromatic N) is 3. The van der Waals surface area contributed by atoms with Gasteiger partial charge in [0.15, 0.2) is 0 Å². The summed E-state index contributed by atoms with van der Waals surface area (Å²) in [5.74, 6) is 0.832. The lowest BCUT2D eigenvalue weighted by Gasteiger charge is -2.18. The van der Waals surface area contributed by atoms with Crippen LogP contribution >= 0.6 is 23.1 Å². The van der Waals surface area contributed by atoms with E-state index in [0.717, 1.165) is 40.4 Å². The van der Waals surface area contributed by atoms with Crippen LogP contribution in [0.2, 0.25) is 0 Å². The highest BCUT2D eigenvalue weighted by molar-refractivity contribution is 8.00. The molecule has 2 aliphatic rings. The van der Waals surface area contributed by atoms with Crippen LogP contribution in [0.4, 0.5) is 0 Å². The Morgan fingerprint density at radius 3 is 3.08 bits per heavy atom. The molecule has 1 aliphatic carbocycles. The molecule has 2 aromatic heterocycles. The van der Waals surface area contributed by atoms with E-state index in [4.69, 9.17) is 0 Å². The minimum atomic E-state index is -0.105. The first kappa shape index (κ1) is 16.0. The van der Waals surface area contributed by atoms with Crippen LogP contribution < -0.4 is 0 Å². The molecule has 1 fully saturated rings. The number of thioether (sulfide) groups is 1. The number of amides is 2. The van der Waals surface area contributed by atoms with E-state index in [1.807, 2.05) is 0 Å². The van der Waals surface area contributed by atoms with Crippen molar-refractivity contribution in [2.75, 3.05) is 12.3 Å². The normalized spacial score (nSPS) is 20.6. The Morgan fingerprint density at radius 1 is 1.42 bits per heavy atom. The first-order chi connectivity index (χ1) is 11.6. The van der Waals surface area contributed by atoms with Gasteiger partial charge in [-0.3, -0.25) is 14.5 Å². The van der Waals surface area contributed by atoms with E-state index in [0.29, 0.717) is 13.0 Å². The first-order valence-electron chi connectivity index (χ1n) is 8.34. The summed E-state index contributed by atoms with van der Waals surface area (Å²) < 4.78 is 0.